The van der Waals surface area contributed by atoms with E-state index in [0.29, 0.717) is 6.42 Å². The minimum Gasteiger partial charge on any atom is -0.481 e. The normalized spacial score (nSPS) is 17.9. The Morgan fingerprint density at radius 2 is 1.71 bits per heavy atom. The fraction of sp³-hybridized carbons (Fsp3) is 0.500. The summed E-state index contributed by atoms with van der Waals surface area (Å²) in [5.41, 5.74) is 6.45. The molecule has 1 aromatic carbocycles. The van der Waals surface area contributed by atoms with Crippen LogP contribution >= 0.6 is 12.6 Å². The van der Waals surface area contributed by atoms with E-state index in [4.69, 9.17) is 10.8 Å². The van der Waals surface area contributed by atoms with Crippen LogP contribution in [0.5, 0.6) is 0 Å². The van der Waals surface area contributed by atoms with Gasteiger partial charge in [0.1, 0.15) is 18.1 Å². The van der Waals surface area contributed by atoms with Crippen molar-refractivity contribution in [3.05, 3.63) is 35.9 Å². The van der Waals surface area contributed by atoms with Crippen LogP contribution in [0.15, 0.2) is 30.3 Å². The van der Waals surface area contributed by atoms with Gasteiger partial charge in [-0.25, -0.2) is 4.79 Å². The average molecular weight is 495 g/mol. The Labute approximate surface area is 202 Å². The minimum atomic E-state index is -1.27. The minimum absolute atomic E-state index is 0.0523. The first-order chi connectivity index (χ1) is 16.1. The summed E-state index contributed by atoms with van der Waals surface area (Å²) >= 11 is 3.99. The molecule has 2 rings (SSSR count). The van der Waals surface area contributed by atoms with Gasteiger partial charge < -0.3 is 31.5 Å². The molecule has 4 atom stereocenters. The molecule has 1 heterocycles. The fourth-order valence-corrected chi connectivity index (χ4v) is 3.87. The number of carbonyl (C=O) groups is 5. The highest BCUT2D eigenvalue weighted by molar-refractivity contribution is 7.80. The molecular formula is C22H30N4O7S. The highest BCUT2D eigenvalue weighted by Gasteiger charge is 2.38. The summed E-state index contributed by atoms with van der Waals surface area (Å²) in [5, 5.41) is 23.6. The lowest BCUT2D eigenvalue weighted by molar-refractivity contribution is -0.150. The summed E-state index contributed by atoms with van der Waals surface area (Å²) in [6, 6.07) is 4.49. The van der Waals surface area contributed by atoms with E-state index in [0.717, 1.165) is 10.5 Å². The van der Waals surface area contributed by atoms with Gasteiger partial charge in [-0.1, -0.05) is 30.3 Å². The first-order valence-electron chi connectivity index (χ1n) is 10.9. The number of hydrogen-bond donors (Lipinski definition) is 6. The maximum absolute atomic E-state index is 13.2. The number of rotatable bonds is 12. The predicted octanol–water partition coefficient (Wildman–Crippen LogP) is -0.604. The number of nitrogens with zero attached hydrogens (tertiary/aromatic N) is 1. The molecule has 0 bridgehead atoms. The van der Waals surface area contributed by atoms with Crippen molar-refractivity contribution in [3.63, 3.8) is 0 Å². The van der Waals surface area contributed by atoms with Gasteiger partial charge in [0.25, 0.3) is 0 Å². The van der Waals surface area contributed by atoms with Crippen LogP contribution in [0.4, 0.5) is 0 Å². The first-order valence-corrected chi connectivity index (χ1v) is 11.5. The van der Waals surface area contributed by atoms with Gasteiger partial charge in [-0.3, -0.25) is 19.2 Å². The molecule has 1 aromatic rings. The number of aliphatic carboxylic acids is 2. The van der Waals surface area contributed by atoms with Crippen LogP contribution in [-0.4, -0.2) is 81.2 Å². The third-order valence-corrected chi connectivity index (χ3v) is 5.92. The van der Waals surface area contributed by atoms with Crippen molar-refractivity contribution >= 4 is 42.3 Å². The van der Waals surface area contributed by atoms with Gasteiger partial charge in [-0.15, -0.1) is 0 Å². The number of thiol groups is 1. The molecule has 1 saturated heterocycles. The van der Waals surface area contributed by atoms with Crippen LogP contribution < -0.4 is 16.4 Å². The van der Waals surface area contributed by atoms with E-state index in [9.17, 15) is 29.1 Å². The number of carbonyl (C=O) groups excluding carboxylic acids is 3. The Kier molecular flexibility index (Phi) is 10.3. The highest BCUT2D eigenvalue weighted by Crippen LogP contribution is 2.20. The average Bonchev–Trinajstić information content (AvgIpc) is 3.31. The number of carboxylic acids is 2. The maximum Gasteiger partial charge on any atom is 0.326 e. The van der Waals surface area contributed by atoms with E-state index in [1.54, 1.807) is 30.3 Å². The quantitative estimate of drug-likeness (QED) is 0.208. The fourth-order valence-electron chi connectivity index (χ4n) is 3.71. The van der Waals surface area contributed by atoms with E-state index in [2.05, 4.69) is 23.3 Å². The zero-order valence-electron chi connectivity index (χ0n) is 18.6. The smallest absolute Gasteiger partial charge is 0.326 e. The van der Waals surface area contributed by atoms with Crippen LogP contribution in [0, 0.1) is 0 Å². The van der Waals surface area contributed by atoms with E-state index in [-0.39, 0.29) is 31.6 Å². The lowest BCUT2D eigenvalue weighted by Gasteiger charge is -2.28. The summed E-state index contributed by atoms with van der Waals surface area (Å²) in [4.78, 5) is 62.4. The molecule has 11 nitrogen and oxygen atoms in total. The molecular weight excluding hydrogens is 464 g/mol. The Morgan fingerprint density at radius 3 is 2.29 bits per heavy atom. The van der Waals surface area contributed by atoms with Crippen molar-refractivity contribution in [2.75, 3.05) is 12.3 Å². The molecule has 34 heavy (non-hydrogen) atoms. The Balaban J connectivity index is 2.24. The summed E-state index contributed by atoms with van der Waals surface area (Å²) in [6.45, 7) is 0.191. The standard InChI is InChI=1S/C22H30N4O7S/c23-14(12-34)19(29)25-16(11-13-5-2-1-3-6-13)20(30)24-15(8-9-18(27)28)21(31)26-10-4-7-17(26)22(32)33/h1-3,5-6,14-17,34H,4,7-12,23H2,(H,24,30)(H,25,29)(H,27,28)(H,32,33). The molecule has 3 amide bonds. The molecule has 4 unspecified atom stereocenters. The third kappa shape index (κ3) is 7.73. The van der Waals surface area contributed by atoms with Crippen molar-refractivity contribution < 1.29 is 34.2 Å². The Morgan fingerprint density at radius 1 is 1.06 bits per heavy atom. The number of amides is 3. The van der Waals surface area contributed by atoms with Crippen LogP contribution in [0.1, 0.15) is 31.2 Å². The Bertz CT molecular complexity index is 898. The van der Waals surface area contributed by atoms with Gasteiger partial charge in [0.05, 0.1) is 6.04 Å². The maximum atomic E-state index is 13.2. The van der Waals surface area contributed by atoms with Crippen molar-refractivity contribution in [1.82, 2.24) is 15.5 Å². The molecule has 1 aliphatic heterocycles. The molecule has 0 radical (unpaired) electrons. The summed E-state index contributed by atoms with van der Waals surface area (Å²) in [5.74, 6) is -4.27. The molecule has 0 saturated carbocycles. The van der Waals surface area contributed by atoms with Crippen LogP contribution in [-0.2, 0) is 30.4 Å². The first kappa shape index (κ1) is 27.1. The lowest BCUT2D eigenvalue weighted by Crippen LogP contribution is -2.57. The Hall–Kier alpha value is -3.12. The molecule has 6 N–H and O–H groups in total. The van der Waals surface area contributed by atoms with Crippen molar-refractivity contribution in [3.8, 4) is 0 Å². The monoisotopic (exact) mass is 494 g/mol. The highest BCUT2D eigenvalue weighted by atomic mass is 32.1. The van der Waals surface area contributed by atoms with E-state index in [1.165, 1.54) is 0 Å². The van der Waals surface area contributed by atoms with Gasteiger partial charge in [0.2, 0.25) is 17.7 Å². The van der Waals surface area contributed by atoms with E-state index >= 15 is 0 Å². The number of hydrogen-bond acceptors (Lipinski definition) is 7. The van der Waals surface area contributed by atoms with Gasteiger partial charge >= 0.3 is 11.9 Å². The van der Waals surface area contributed by atoms with Gasteiger partial charge in [-0.2, -0.15) is 12.6 Å². The zero-order valence-corrected chi connectivity index (χ0v) is 19.4. The molecule has 12 heteroatoms. The molecule has 0 aromatic heterocycles. The second kappa shape index (κ2) is 12.9. The van der Waals surface area contributed by atoms with Crippen molar-refractivity contribution in [1.29, 1.82) is 0 Å². The number of nitrogens with two attached hydrogens (primary N) is 1. The molecule has 0 aliphatic carbocycles. The third-order valence-electron chi connectivity index (χ3n) is 5.53. The van der Waals surface area contributed by atoms with Gasteiger partial charge in [0, 0.05) is 25.1 Å². The number of likely N-dealkylation sites (tertiary alicyclic amines) is 1. The SMILES string of the molecule is NC(CS)C(=O)NC(Cc1ccccc1)C(=O)NC(CCC(=O)O)C(=O)N1CCCC1C(=O)O. The number of carboxylic acid groups (broad SMARTS) is 2. The van der Waals surface area contributed by atoms with Crippen molar-refractivity contribution in [2.45, 2.75) is 56.3 Å². The molecule has 186 valence electrons. The van der Waals surface area contributed by atoms with E-state index in [1.807, 2.05) is 0 Å². The lowest BCUT2D eigenvalue weighted by atomic mass is 10.0. The van der Waals surface area contributed by atoms with Gasteiger partial charge in [-0.05, 0) is 24.8 Å². The van der Waals surface area contributed by atoms with Crippen LogP contribution in [0.2, 0.25) is 0 Å². The number of benzene rings is 1. The summed E-state index contributed by atoms with van der Waals surface area (Å²) < 4.78 is 0. The molecule has 0 spiro atoms. The van der Waals surface area contributed by atoms with Crippen LogP contribution in [0.25, 0.3) is 0 Å². The van der Waals surface area contributed by atoms with Crippen LogP contribution in [0.3, 0.4) is 0 Å². The molecule has 1 fully saturated rings. The predicted molar refractivity (Wildman–Crippen MR) is 125 cm³/mol. The molecule has 1 aliphatic rings. The summed E-state index contributed by atoms with van der Waals surface area (Å²) in [7, 11) is 0. The second-order valence-corrected chi connectivity index (χ2v) is 8.43. The summed E-state index contributed by atoms with van der Waals surface area (Å²) in [6.07, 6.45) is 0.206. The van der Waals surface area contributed by atoms with Gasteiger partial charge in [0.15, 0.2) is 0 Å². The second-order valence-electron chi connectivity index (χ2n) is 8.06. The van der Waals surface area contributed by atoms with Crippen molar-refractivity contribution in [2.24, 2.45) is 5.73 Å². The topological polar surface area (TPSA) is 179 Å². The number of nitrogens with one attached hydrogen (secondary N) is 2. The zero-order chi connectivity index (χ0) is 25.3. The van der Waals surface area contributed by atoms with E-state index < -0.39 is 60.2 Å². The largest absolute Gasteiger partial charge is 0.481 e.